The van der Waals surface area contributed by atoms with Crippen LogP contribution < -0.4 is 5.32 Å². The molecule has 0 aliphatic carbocycles. The monoisotopic (exact) mass is 299 g/mol. The van der Waals surface area contributed by atoms with Crippen molar-refractivity contribution in [3.05, 3.63) is 41.4 Å². The van der Waals surface area contributed by atoms with Gasteiger partial charge in [0.25, 0.3) is 5.91 Å². The minimum absolute atomic E-state index is 0.0608. The van der Waals surface area contributed by atoms with E-state index in [9.17, 15) is 10.1 Å². The summed E-state index contributed by atoms with van der Waals surface area (Å²) in [5, 5.41) is 12.2. The maximum Gasteiger partial charge on any atom is 0.256 e. The molecule has 1 aliphatic heterocycles. The lowest BCUT2D eigenvalue weighted by atomic mass is 10.1. The van der Waals surface area contributed by atoms with Crippen molar-refractivity contribution in [1.82, 2.24) is 9.88 Å². The second-order valence-electron chi connectivity index (χ2n) is 5.26. The van der Waals surface area contributed by atoms with Crippen molar-refractivity contribution < 1.29 is 13.9 Å². The van der Waals surface area contributed by atoms with Crippen molar-refractivity contribution in [1.29, 1.82) is 5.26 Å². The number of ether oxygens (including phenoxy) is 1. The van der Waals surface area contributed by atoms with E-state index in [0.717, 1.165) is 19.4 Å². The van der Waals surface area contributed by atoms with E-state index < -0.39 is 0 Å². The number of hydrogen-bond donors (Lipinski definition) is 1. The number of amides is 1. The summed E-state index contributed by atoms with van der Waals surface area (Å²) in [6.07, 6.45) is 5.57. The van der Waals surface area contributed by atoms with Gasteiger partial charge in [0.1, 0.15) is 23.0 Å². The standard InChI is InChI=1S/C16H17N3O3/c1-11-14(15(20)18-10-12-5-4-8-21-12)13(9-17)16(22-11)19-6-2-3-7-19/h2-3,6-7,12H,4-5,8,10H2,1H3,(H,18,20). The molecular formula is C16H17N3O3. The molecule has 1 N–H and O–H groups in total. The Morgan fingerprint density at radius 3 is 2.91 bits per heavy atom. The molecule has 22 heavy (non-hydrogen) atoms. The van der Waals surface area contributed by atoms with Crippen molar-refractivity contribution in [3.8, 4) is 12.0 Å². The molecule has 3 rings (SSSR count). The van der Waals surface area contributed by atoms with Crippen molar-refractivity contribution in [2.24, 2.45) is 0 Å². The minimum Gasteiger partial charge on any atom is -0.443 e. The maximum atomic E-state index is 12.4. The van der Waals surface area contributed by atoms with Gasteiger partial charge in [-0.3, -0.25) is 9.36 Å². The van der Waals surface area contributed by atoms with Gasteiger partial charge < -0.3 is 14.5 Å². The zero-order chi connectivity index (χ0) is 15.5. The van der Waals surface area contributed by atoms with Gasteiger partial charge in [-0.05, 0) is 31.9 Å². The van der Waals surface area contributed by atoms with Crippen LogP contribution in [0.25, 0.3) is 5.88 Å². The average Bonchev–Trinajstić information content (AvgIpc) is 3.24. The highest BCUT2D eigenvalue weighted by Crippen LogP contribution is 2.25. The number of aryl methyl sites for hydroxylation is 1. The Labute approximate surface area is 128 Å². The number of aromatic nitrogens is 1. The van der Waals surface area contributed by atoms with Crippen LogP contribution in [0.3, 0.4) is 0 Å². The van der Waals surface area contributed by atoms with Gasteiger partial charge >= 0.3 is 0 Å². The fourth-order valence-corrected chi connectivity index (χ4v) is 2.66. The van der Waals surface area contributed by atoms with Gasteiger partial charge in [-0.2, -0.15) is 5.26 Å². The zero-order valence-electron chi connectivity index (χ0n) is 12.3. The molecule has 0 spiro atoms. The normalized spacial score (nSPS) is 17.4. The summed E-state index contributed by atoms with van der Waals surface area (Å²) in [6.45, 7) is 2.88. The van der Waals surface area contributed by atoms with Crippen LogP contribution >= 0.6 is 0 Å². The van der Waals surface area contributed by atoms with Gasteiger partial charge in [0, 0.05) is 25.5 Å². The average molecular weight is 299 g/mol. The Kier molecular flexibility index (Phi) is 3.98. The van der Waals surface area contributed by atoms with Crippen LogP contribution in [-0.4, -0.2) is 29.7 Å². The highest BCUT2D eigenvalue weighted by atomic mass is 16.5. The van der Waals surface area contributed by atoms with Crippen molar-refractivity contribution in [3.63, 3.8) is 0 Å². The number of hydrogen-bond acceptors (Lipinski definition) is 4. The quantitative estimate of drug-likeness (QED) is 0.938. The van der Waals surface area contributed by atoms with Gasteiger partial charge in [-0.1, -0.05) is 0 Å². The fraction of sp³-hybridized carbons (Fsp3) is 0.375. The molecule has 1 saturated heterocycles. The van der Waals surface area contributed by atoms with E-state index in [1.54, 1.807) is 23.9 Å². The van der Waals surface area contributed by atoms with Gasteiger partial charge in [0.2, 0.25) is 5.88 Å². The van der Waals surface area contributed by atoms with Crippen LogP contribution in [0.5, 0.6) is 0 Å². The topological polar surface area (TPSA) is 80.2 Å². The molecule has 1 fully saturated rings. The number of nitrogens with zero attached hydrogens (tertiary/aromatic N) is 2. The summed E-state index contributed by atoms with van der Waals surface area (Å²) < 4.78 is 12.8. The van der Waals surface area contributed by atoms with Crippen LogP contribution in [-0.2, 0) is 4.74 Å². The fourth-order valence-electron chi connectivity index (χ4n) is 2.66. The summed E-state index contributed by atoms with van der Waals surface area (Å²) in [5.41, 5.74) is 0.544. The summed E-state index contributed by atoms with van der Waals surface area (Å²) in [5.74, 6) is 0.504. The first-order valence-corrected chi connectivity index (χ1v) is 7.27. The Morgan fingerprint density at radius 1 is 1.50 bits per heavy atom. The Morgan fingerprint density at radius 2 is 2.27 bits per heavy atom. The molecule has 0 radical (unpaired) electrons. The molecule has 1 unspecified atom stereocenters. The first kappa shape index (κ1) is 14.4. The molecule has 2 aromatic heterocycles. The van der Waals surface area contributed by atoms with E-state index >= 15 is 0 Å². The predicted molar refractivity (Wildman–Crippen MR) is 78.8 cm³/mol. The van der Waals surface area contributed by atoms with E-state index in [4.69, 9.17) is 9.15 Å². The van der Waals surface area contributed by atoms with Gasteiger partial charge in [0.15, 0.2) is 0 Å². The number of furan rings is 1. The number of rotatable bonds is 4. The number of nitriles is 1. The molecule has 0 aromatic carbocycles. The zero-order valence-corrected chi connectivity index (χ0v) is 12.3. The SMILES string of the molecule is Cc1oc(-n2cccc2)c(C#N)c1C(=O)NCC1CCCO1. The third-order valence-corrected chi connectivity index (χ3v) is 3.76. The third kappa shape index (κ3) is 2.63. The highest BCUT2D eigenvalue weighted by molar-refractivity contribution is 5.98. The van der Waals surface area contributed by atoms with Gasteiger partial charge in [0.05, 0.1) is 6.10 Å². The molecule has 1 aliphatic rings. The van der Waals surface area contributed by atoms with E-state index in [0.29, 0.717) is 23.8 Å². The third-order valence-electron chi connectivity index (χ3n) is 3.76. The van der Waals surface area contributed by atoms with Crippen LogP contribution in [0.4, 0.5) is 0 Å². The number of carbonyl (C=O) groups is 1. The van der Waals surface area contributed by atoms with Gasteiger partial charge in [-0.15, -0.1) is 0 Å². The van der Waals surface area contributed by atoms with Crippen molar-refractivity contribution in [2.45, 2.75) is 25.9 Å². The lowest BCUT2D eigenvalue weighted by molar-refractivity contribution is 0.0856. The first-order chi connectivity index (χ1) is 10.7. The summed E-state index contributed by atoms with van der Waals surface area (Å²) in [6, 6.07) is 5.73. The Bertz CT molecular complexity index is 704. The summed E-state index contributed by atoms with van der Waals surface area (Å²) in [7, 11) is 0. The van der Waals surface area contributed by atoms with Crippen molar-refractivity contribution in [2.75, 3.05) is 13.2 Å². The Hall–Kier alpha value is -2.52. The van der Waals surface area contributed by atoms with Crippen LogP contribution in [0, 0.1) is 18.3 Å². The van der Waals surface area contributed by atoms with E-state index in [-0.39, 0.29) is 17.6 Å². The molecule has 1 amide bonds. The van der Waals surface area contributed by atoms with Crippen LogP contribution in [0.15, 0.2) is 28.9 Å². The Balaban J connectivity index is 1.83. The second kappa shape index (κ2) is 6.08. The minimum atomic E-state index is -0.299. The molecule has 1 atom stereocenters. The van der Waals surface area contributed by atoms with Crippen LogP contribution in [0.2, 0.25) is 0 Å². The smallest absolute Gasteiger partial charge is 0.256 e. The molecule has 3 heterocycles. The molecule has 114 valence electrons. The summed E-state index contributed by atoms with van der Waals surface area (Å²) >= 11 is 0. The van der Waals surface area contributed by atoms with E-state index in [1.165, 1.54) is 0 Å². The molecule has 0 saturated carbocycles. The van der Waals surface area contributed by atoms with Crippen molar-refractivity contribution >= 4 is 5.91 Å². The number of carbonyl (C=O) groups excluding carboxylic acids is 1. The maximum absolute atomic E-state index is 12.4. The molecular weight excluding hydrogens is 282 g/mol. The van der Waals surface area contributed by atoms with Crippen LogP contribution in [0.1, 0.15) is 34.5 Å². The first-order valence-electron chi connectivity index (χ1n) is 7.27. The lowest BCUT2D eigenvalue weighted by Crippen LogP contribution is -2.32. The largest absolute Gasteiger partial charge is 0.443 e. The van der Waals surface area contributed by atoms with E-state index in [2.05, 4.69) is 11.4 Å². The van der Waals surface area contributed by atoms with Gasteiger partial charge in [-0.25, -0.2) is 0 Å². The number of nitrogens with one attached hydrogen (secondary N) is 1. The van der Waals surface area contributed by atoms with E-state index in [1.807, 2.05) is 12.1 Å². The molecule has 6 heteroatoms. The predicted octanol–water partition coefficient (Wildman–Crippen LogP) is 2.16. The highest BCUT2D eigenvalue weighted by Gasteiger charge is 2.25. The molecule has 0 bridgehead atoms. The molecule has 6 nitrogen and oxygen atoms in total. The second-order valence-corrected chi connectivity index (χ2v) is 5.26. The molecule has 2 aromatic rings. The lowest BCUT2D eigenvalue weighted by Gasteiger charge is -2.10. The summed E-state index contributed by atoms with van der Waals surface area (Å²) in [4.78, 5) is 12.4.